The van der Waals surface area contributed by atoms with Gasteiger partial charge in [0.05, 0.1) is 0 Å². The van der Waals surface area contributed by atoms with Gasteiger partial charge < -0.3 is 15.7 Å². The molecule has 3 N–H and O–H groups in total. The van der Waals surface area contributed by atoms with Gasteiger partial charge in [0, 0.05) is 22.3 Å². The Bertz CT molecular complexity index is 981. The van der Waals surface area contributed by atoms with E-state index >= 15 is 0 Å². The first-order chi connectivity index (χ1) is 14.0. The van der Waals surface area contributed by atoms with Crippen molar-refractivity contribution in [1.29, 1.82) is 5.41 Å². The van der Waals surface area contributed by atoms with E-state index in [0.29, 0.717) is 11.8 Å². The highest BCUT2D eigenvalue weighted by Gasteiger charge is 2.22. The average molecular weight is 390 g/mol. The van der Waals surface area contributed by atoms with E-state index in [-0.39, 0.29) is 0 Å². The van der Waals surface area contributed by atoms with Crippen molar-refractivity contribution in [3.63, 3.8) is 0 Å². The second kappa shape index (κ2) is 8.31. The maximum atomic E-state index is 8.33. The number of H-pyrrole nitrogens is 1. The molecule has 0 amide bonds. The van der Waals surface area contributed by atoms with Gasteiger partial charge in [0.2, 0.25) is 0 Å². The van der Waals surface area contributed by atoms with Crippen LogP contribution in [-0.4, -0.2) is 23.8 Å². The summed E-state index contributed by atoms with van der Waals surface area (Å²) in [5.74, 6) is 1.12. The van der Waals surface area contributed by atoms with Gasteiger partial charge in [-0.05, 0) is 111 Å². The fraction of sp³-hybridized carbons (Fsp3) is 0.500. The molecule has 0 unspecified atom stereocenters. The van der Waals surface area contributed by atoms with Gasteiger partial charge in [-0.25, -0.2) is 0 Å². The molecule has 3 nitrogen and oxygen atoms in total. The Balaban J connectivity index is 1.87. The van der Waals surface area contributed by atoms with E-state index in [4.69, 9.17) is 5.41 Å². The van der Waals surface area contributed by atoms with Crippen LogP contribution in [0, 0.1) is 5.41 Å². The van der Waals surface area contributed by atoms with Crippen molar-refractivity contribution in [2.45, 2.75) is 71.6 Å². The van der Waals surface area contributed by atoms with Crippen molar-refractivity contribution >= 4 is 22.2 Å². The van der Waals surface area contributed by atoms with Crippen molar-refractivity contribution in [3.8, 4) is 0 Å². The van der Waals surface area contributed by atoms with Crippen molar-refractivity contribution in [2.75, 3.05) is 13.1 Å². The number of hydrogen-bond donors (Lipinski definition) is 3. The Morgan fingerprint density at radius 2 is 1.83 bits per heavy atom. The molecule has 2 aliphatic rings. The predicted octanol–water partition coefficient (Wildman–Crippen LogP) is 6.68. The van der Waals surface area contributed by atoms with Crippen LogP contribution in [0.25, 0.3) is 16.5 Å². The minimum Gasteiger partial charge on any atom is -0.354 e. The Kier molecular flexibility index (Phi) is 5.78. The first-order valence-corrected chi connectivity index (χ1v) is 11.3. The normalized spacial score (nSPS) is 23.9. The van der Waals surface area contributed by atoms with Gasteiger partial charge in [-0.15, -0.1) is 0 Å². The first kappa shape index (κ1) is 20.2. The maximum Gasteiger partial charge on any atom is 0.0499 e. The molecular formula is C26H35N3. The van der Waals surface area contributed by atoms with Gasteiger partial charge in [-0.2, -0.15) is 0 Å². The third kappa shape index (κ3) is 3.98. The number of allylic oxidation sites excluding steroid dienone is 4. The van der Waals surface area contributed by atoms with E-state index in [9.17, 15) is 0 Å². The first-order valence-electron chi connectivity index (χ1n) is 11.3. The van der Waals surface area contributed by atoms with E-state index in [1.807, 2.05) is 0 Å². The minimum atomic E-state index is 0.445. The van der Waals surface area contributed by atoms with Crippen molar-refractivity contribution in [3.05, 3.63) is 52.2 Å². The Morgan fingerprint density at radius 1 is 1.07 bits per heavy atom. The lowest BCUT2D eigenvalue weighted by molar-refractivity contribution is 0.460. The smallest absolute Gasteiger partial charge is 0.0499 e. The number of aromatic nitrogens is 1. The topological polar surface area (TPSA) is 51.7 Å². The second-order valence-electron chi connectivity index (χ2n) is 9.25. The van der Waals surface area contributed by atoms with Crippen LogP contribution in [0.5, 0.6) is 0 Å². The minimum absolute atomic E-state index is 0.445. The Labute approximate surface area is 175 Å². The monoisotopic (exact) mass is 389 g/mol. The SMILES string of the molecule is C/C1=C/C(c2[nH]c3ccc(C4CCNCC4)cc3c2C(C)C)=C(/C)CCCC1=N. The summed E-state index contributed by atoms with van der Waals surface area (Å²) in [5.41, 5.74) is 10.0. The number of benzene rings is 1. The lowest BCUT2D eigenvalue weighted by Gasteiger charge is -2.23. The van der Waals surface area contributed by atoms with Crippen molar-refractivity contribution in [1.82, 2.24) is 10.3 Å². The predicted molar refractivity (Wildman–Crippen MR) is 125 cm³/mol. The van der Waals surface area contributed by atoms with Crippen LogP contribution in [0.2, 0.25) is 0 Å². The van der Waals surface area contributed by atoms with Crippen LogP contribution < -0.4 is 5.32 Å². The molecule has 0 saturated carbocycles. The molecule has 154 valence electrons. The second-order valence-corrected chi connectivity index (χ2v) is 9.25. The molecular weight excluding hydrogens is 354 g/mol. The molecule has 0 atom stereocenters. The number of fused-ring (bicyclic) bond motifs is 1. The van der Waals surface area contributed by atoms with E-state index in [1.54, 1.807) is 0 Å². The summed E-state index contributed by atoms with van der Waals surface area (Å²) in [6.45, 7) is 11.2. The average Bonchev–Trinajstić information content (AvgIpc) is 3.09. The molecule has 4 rings (SSSR count). The van der Waals surface area contributed by atoms with E-state index in [2.05, 4.69) is 62.3 Å². The molecule has 1 aliphatic carbocycles. The summed E-state index contributed by atoms with van der Waals surface area (Å²) in [6.07, 6.45) is 7.73. The van der Waals surface area contributed by atoms with Gasteiger partial charge in [0.15, 0.2) is 0 Å². The van der Waals surface area contributed by atoms with E-state index in [0.717, 1.165) is 43.6 Å². The standard InChI is InChI=1S/C26H35N3/c1-16(2)25-22-15-20(19-10-12-28-13-11-19)8-9-24(22)29-26(25)21-14-18(4)23(27)7-5-6-17(21)3/h8-9,14-16,19,27-29H,5-7,10-13H2,1-4H3/b18-14-,21-17+,27-23?. The van der Waals surface area contributed by atoms with Gasteiger partial charge >= 0.3 is 0 Å². The number of piperidine rings is 1. The van der Waals surface area contributed by atoms with Crippen LogP contribution >= 0.6 is 0 Å². The fourth-order valence-electron chi connectivity index (χ4n) is 5.03. The van der Waals surface area contributed by atoms with Gasteiger partial charge in [-0.3, -0.25) is 0 Å². The molecule has 1 aromatic heterocycles. The third-order valence-corrected chi connectivity index (χ3v) is 6.80. The van der Waals surface area contributed by atoms with Crippen LogP contribution in [0.1, 0.15) is 88.5 Å². The molecule has 1 fully saturated rings. The summed E-state index contributed by atoms with van der Waals surface area (Å²) in [6, 6.07) is 7.08. The lowest BCUT2D eigenvalue weighted by Crippen LogP contribution is -2.26. The molecule has 2 aromatic rings. The number of aromatic amines is 1. The Hall–Kier alpha value is -2.13. The quantitative estimate of drug-likeness (QED) is 0.538. The summed E-state index contributed by atoms with van der Waals surface area (Å²) >= 11 is 0. The Morgan fingerprint density at radius 3 is 2.55 bits per heavy atom. The van der Waals surface area contributed by atoms with Crippen molar-refractivity contribution < 1.29 is 0 Å². The molecule has 0 spiro atoms. The van der Waals surface area contributed by atoms with Crippen molar-refractivity contribution in [2.24, 2.45) is 0 Å². The third-order valence-electron chi connectivity index (χ3n) is 6.80. The summed E-state index contributed by atoms with van der Waals surface area (Å²) in [5, 5.41) is 13.2. The maximum absolute atomic E-state index is 8.33. The highest BCUT2D eigenvalue weighted by Crippen LogP contribution is 2.38. The molecule has 0 radical (unpaired) electrons. The number of hydrogen-bond acceptors (Lipinski definition) is 2. The zero-order chi connectivity index (χ0) is 20.5. The highest BCUT2D eigenvalue weighted by molar-refractivity contribution is 6.01. The number of rotatable bonds is 3. The van der Waals surface area contributed by atoms with Gasteiger partial charge in [0.1, 0.15) is 0 Å². The summed E-state index contributed by atoms with van der Waals surface area (Å²) in [7, 11) is 0. The van der Waals surface area contributed by atoms with Gasteiger partial charge in [0.25, 0.3) is 0 Å². The number of nitrogens with one attached hydrogen (secondary N) is 3. The fourth-order valence-corrected chi connectivity index (χ4v) is 5.03. The largest absolute Gasteiger partial charge is 0.354 e. The zero-order valence-electron chi connectivity index (χ0n) is 18.4. The molecule has 1 saturated heterocycles. The molecule has 2 heterocycles. The summed E-state index contributed by atoms with van der Waals surface area (Å²) < 4.78 is 0. The van der Waals surface area contributed by atoms with Crippen LogP contribution in [0.3, 0.4) is 0 Å². The van der Waals surface area contributed by atoms with Gasteiger partial charge in [-0.1, -0.05) is 25.5 Å². The summed E-state index contributed by atoms with van der Waals surface area (Å²) in [4.78, 5) is 3.77. The van der Waals surface area contributed by atoms with Crippen LogP contribution in [0.15, 0.2) is 35.4 Å². The van der Waals surface area contributed by atoms with Crippen LogP contribution in [0.4, 0.5) is 0 Å². The molecule has 0 bridgehead atoms. The molecule has 29 heavy (non-hydrogen) atoms. The van der Waals surface area contributed by atoms with Crippen LogP contribution in [-0.2, 0) is 0 Å². The molecule has 1 aliphatic heterocycles. The zero-order valence-corrected chi connectivity index (χ0v) is 18.4. The van der Waals surface area contributed by atoms with E-state index in [1.165, 1.54) is 51.7 Å². The highest BCUT2D eigenvalue weighted by atomic mass is 14.9. The lowest BCUT2D eigenvalue weighted by atomic mass is 9.87. The van der Waals surface area contributed by atoms with E-state index < -0.39 is 0 Å². The molecule has 1 aromatic carbocycles. The molecule has 3 heteroatoms.